The van der Waals surface area contributed by atoms with Crippen molar-refractivity contribution in [1.29, 1.82) is 0 Å². The van der Waals surface area contributed by atoms with Crippen molar-refractivity contribution in [1.82, 2.24) is 14.8 Å². The summed E-state index contributed by atoms with van der Waals surface area (Å²) in [6.45, 7) is 5.00. The highest BCUT2D eigenvalue weighted by molar-refractivity contribution is 8.18. The molecule has 0 aromatic carbocycles. The van der Waals surface area contributed by atoms with Gasteiger partial charge in [-0.1, -0.05) is 12.1 Å². The maximum Gasteiger partial charge on any atom is 0.293 e. The van der Waals surface area contributed by atoms with Gasteiger partial charge in [0.15, 0.2) is 0 Å². The first-order valence-corrected chi connectivity index (χ1v) is 12.3. The molecule has 0 unspecified atom stereocenters. The Kier molecular flexibility index (Phi) is 6.45. The minimum Gasteiger partial charge on any atom is -0.350 e. The fourth-order valence-corrected chi connectivity index (χ4v) is 5.69. The van der Waals surface area contributed by atoms with E-state index < -0.39 is 0 Å². The van der Waals surface area contributed by atoms with Crippen molar-refractivity contribution < 1.29 is 14.4 Å². The van der Waals surface area contributed by atoms with Crippen LogP contribution in [0.5, 0.6) is 0 Å². The summed E-state index contributed by atoms with van der Waals surface area (Å²) in [6, 6.07) is 9.76. The molecule has 4 heterocycles. The van der Waals surface area contributed by atoms with Crippen LogP contribution in [0.15, 0.2) is 46.0 Å². The first kappa shape index (κ1) is 21.6. The normalized spacial score (nSPS) is 15.3. The standard InChI is InChI=1S/C22H21N3O3S3/c1-14-11-18(15(2)25(14)13-17-6-4-10-30-17)20(26)23-7-8-24-21(27)19(31-22(24)28)12-16-5-3-9-29-16/h3-6,9-12H,7-8,13H2,1-2H3,(H,23,26)/b19-12-. The van der Waals surface area contributed by atoms with Gasteiger partial charge < -0.3 is 9.88 Å². The van der Waals surface area contributed by atoms with E-state index in [0.29, 0.717) is 10.5 Å². The minimum absolute atomic E-state index is 0.145. The van der Waals surface area contributed by atoms with Gasteiger partial charge in [-0.15, -0.1) is 22.7 Å². The number of nitrogens with zero attached hydrogens (tertiary/aromatic N) is 2. The van der Waals surface area contributed by atoms with Gasteiger partial charge in [0.2, 0.25) is 0 Å². The van der Waals surface area contributed by atoms with Crippen molar-refractivity contribution in [3.8, 4) is 0 Å². The number of nitrogens with one attached hydrogen (secondary N) is 1. The lowest BCUT2D eigenvalue weighted by Crippen LogP contribution is -2.37. The van der Waals surface area contributed by atoms with Gasteiger partial charge >= 0.3 is 0 Å². The van der Waals surface area contributed by atoms with Crippen molar-refractivity contribution in [2.45, 2.75) is 20.4 Å². The molecule has 1 aliphatic heterocycles. The Balaban J connectivity index is 1.36. The van der Waals surface area contributed by atoms with Gasteiger partial charge in [0, 0.05) is 34.2 Å². The van der Waals surface area contributed by atoms with Crippen LogP contribution in [-0.4, -0.2) is 39.6 Å². The fourth-order valence-electron chi connectivity index (χ4n) is 3.40. The third kappa shape index (κ3) is 4.68. The molecule has 31 heavy (non-hydrogen) atoms. The second-order valence-corrected chi connectivity index (χ2v) is 10.1. The molecule has 0 saturated carbocycles. The van der Waals surface area contributed by atoms with E-state index >= 15 is 0 Å². The first-order valence-electron chi connectivity index (χ1n) is 9.70. The van der Waals surface area contributed by atoms with Gasteiger partial charge in [-0.25, -0.2) is 0 Å². The number of hydrogen-bond donors (Lipinski definition) is 1. The zero-order valence-electron chi connectivity index (χ0n) is 17.1. The summed E-state index contributed by atoms with van der Waals surface area (Å²) in [7, 11) is 0. The molecule has 1 aliphatic rings. The van der Waals surface area contributed by atoms with Crippen molar-refractivity contribution in [2.75, 3.05) is 13.1 Å². The maximum absolute atomic E-state index is 12.7. The zero-order valence-corrected chi connectivity index (χ0v) is 19.5. The Morgan fingerprint density at radius 2 is 1.90 bits per heavy atom. The number of carbonyl (C=O) groups excluding carboxylic acids is 3. The molecule has 0 aliphatic carbocycles. The predicted molar refractivity (Wildman–Crippen MR) is 127 cm³/mol. The number of hydrogen-bond acceptors (Lipinski definition) is 6. The lowest BCUT2D eigenvalue weighted by Gasteiger charge is -2.13. The number of carbonyl (C=O) groups is 3. The fraction of sp³-hybridized carbons (Fsp3) is 0.227. The highest BCUT2D eigenvalue weighted by Gasteiger charge is 2.34. The van der Waals surface area contributed by atoms with Crippen molar-refractivity contribution in [2.24, 2.45) is 0 Å². The summed E-state index contributed by atoms with van der Waals surface area (Å²) in [5.74, 6) is -0.515. The van der Waals surface area contributed by atoms with Crippen LogP contribution in [-0.2, 0) is 11.3 Å². The van der Waals surface area contributed by atoms with Gasteiger partial charge in [-0.2, -0.15) is 0 Å². The van der Waals surface area contributed by atoms with Gasteiger partial charge in [0.1, 0.15) is 0 Å². The van der Waals surface area contributed by atoms with Gasteiger partial charge in [-0.05, 0) is 60.6 Å². The molecule has 0 atom stereocenters. The van der Waals surface area contributed by atoms with E-state index in [1.807, 2.05) is 48.9 Å². The number of amides is 3. The molecule has 3 aromatic heterocycles. The number of thioether (sulfide) groups is 1. The number of rotatable bonds is 7. The van der Waals surface area contributed by atoms with E-state index in [1.54, 1.807) is 17.4 Å². The Hall–Kier alpha value is -2.62. The number of imide groups is 1. The molecule has 0 spiro atoms. The molecule has 3 aromatic rings. The Labute approximate surface area is 192 Å². The smallest absolute Gasteiger partial charge is 0.293 e. The van der Waals surface area contributed by atoms with Crippen LogP contribution in [0.4, 0.5) is 4.79 Å². The third-order valence-corrected chi connectivity index (χ3v) is 7.61. The summed E-state index contributed by atoms with van der Waals surface area (Å²) < 4.78 is 2.12. The molecular weight excluding hydrogens is 450 g/mol. The lowest BCUT2D eigenvalue weighted by atomic mass is 10.2. The molecule has 6 nitrogen and oxygen atoms in total. The highest BCUT2D eigenvalue weighted by Crippen LogP contribution is 2.32. The maximum atomic E-state index is 12.7. The number of aromatic nitrogens is 1. The van der Waals surface area contributed by atoms with E-state index in [1.165, 1.54) is 21.1 Å². The molecule has 9 heteroatoms. The van der Waals surface area contributed by atoms with Crippen molar-refractivity contribution in [3.05, 3.63) is 72.7 Å². The van der Waals surface area contributed by atoms with E-state index in [2.05, 4.69) is 16.0 Å². The van der Waals surface area contributed by atoms with Gasteiger partial charge in [0.05, 0.1) is 17.0 Å². The zero-order chi connectivity index (χ0) is 22.0. The monoisotopic (exact) mass is 471 g/mol. The average molecular weight is 472 g/mol. The van der Waals surface area contributed by atoms with Crippen LogP contribution in [0.25, 0.3) is 6.08 Å². The third-order valence-electron chi connectivity index (χ3n) is 5.02. The van der Waals surface area contributed by atoms with Crippen LogP contribution < -0.4 is 5.32 Å². The average Bonchev–Trinajstić information content (AvgIpc) is 3.52. The molecule has 3 amide bonds. The molecule has 1 N–H and O–H groups in total. The summed E-state index contributed by atoms with van der Waals surface area (Å²) in [6.07, 6.45) is 1.73. The Bertz CT molecular complexity index is 1140. The van der Waals surface area contributed by atoms with Gasteiger partial charge in [0.25, 0.3) is 17.1 Å². The minimum atomic E-state index is -0.313. The lowest BCUT2D eigenvalue weighted by molar-refractivity contribution is -0.122. The summed E-state index contributed by atoms with van der Waals surface area (Å²) in [5, 5.41) is 6.49. The van der Waals surface area contributed by atoms with Crippen LogP contribution in [0, 0.1) is 13.8 Å². The van der Waals surface area contributed by atoms with Gasteiger partial charge in [-0.3, -0.25) is 19.3 Å². The quantitative estimate of drug-likeness (QED) is 0.505. The second kappa shape index (κ2) is 9.25. The summed E-state index contributed by atoms with van der Waals surface area (Å²) in [4.78, 5) is 41.3. The van der Waals surface area contributed by atoms with E-state index in [0.717, 1.165) is 34.6 Å². The molecule has 160 valence electrons. The van der Waals surface area contributed by atoms with E-state index in [4.69, 9.17) is 0 Å². The molecule has 0 radical (unpaired) electrons. The molecular formula is C22H21N3O3S3. The summed E-state index contributed by atoms with van der Waals surface area (Å²) in [5.41, 5.74) is 2.52. The number of thiophene rings is 2. The number of aryl methyl sites for hydroxylation is 1. The highest BCUT2D eigenvalue weighted by atomic mass is 32.2. The van der Waals surface area contributed by atoms with Crippen LogP contribution in [0.2, 0.25) is 0 Å². The van der Waals surface area contributed by atoms with E-state index in [9.17, 15) is 14.4 Å². The molecule has 1 saturated heterocycles. The van der Waals surface area contributed by atoms with Crippen LogP contribution >= 0.6 is 34.4 Å². The van der Waals surface area contributed by atoms with Crippen molar-refractivity contribution >= 4 is 57.6 Å². The first-order chi connectivity index (χ1) is 14.9. The Morgan fingerprint density at radius 1 is 1.13 bits per heavy atom. The topological polar surface area (TPSA) is 71.4 Å². The summed E-state index contributed by atoms with van der Waals surface area (Å²) >= 11 is 4.13. The largest absolute Gasteiger partial charge is 0.350 e. The second-order valence-electron chi connectivity index (χ2n) is 7.05. The molecule has 0 bridgehead atoms. The van der Waals surface area contributed by atoms with E-state index in [-0.39, 0.29) is 30.1 Å². The predicted octanol–water partition coefficient (Wildman–Crippen LogP) is 4.74. The Morgan fingerprint density at radius 3 is 2.61 bits per heavy atom. The van der Waals surface area contributed by atoms with Crippen LogP contribution in [0.1, 0.15) is 31.5 Å². The van der Waals surface area contributed by atoms with Crippen molar-refractivity contribution in [3.63, 3.8) is 0 Å². The SMILES string of the molecule is Cc1cc(C(=O)NCCN2C(=O)S/C(=C\c3cccs3)C2=O)c(C)n1Cc1cccs1. The molecule has 1 fully saturated rings. The van der Waals surface area contributed by atoms with Crippen LogP contribution in [0.3, 0.4) is 0 Å². The molecule has 4 rings (SSSR count).